The van der Waals surface area contributed by atoms with Gasteiger partial charge in [0, 0.05) is 43.6 Å². The van der Waals surface area contributed by atoms with E-state index in [0.717, 1.165) is 6.54 Å². The molecule has 0 amide bonds. The highest BCUT2D eigenvalue weighted by Crippen LogP contribution is 2.29. The highest BCUT2D eigenvalue weighted by molar-refractivity contribution is 5.96. The standard InChI is InChI=1S/C18H19N3/c1-21(13-14-5-4-10-20-12-14)18-9-8-15(11-19)16-6-2-3-7-17(16)18/h2-10,12H,11,13,19H2,1H3. The van der Waals surface area contributed by atoms with Crippen molar-refractivity contribution >= 4 is 16.5 Å². The van der Waals surface area contributed by atoms with Gasteiger partial charge < -0.3 is 10.6 Å². The van der Waals surface area contributed by atoms with E-state index in [-0.39, 0.29) is 0 Å². The molecule has 3 nitrogen and oxygen atoms in total. The molecule has 106 valence electrons. The van der Waals surface area contributed by atoms with Crippen LogP contribution in [0, 0.1) is 0 Å². The van der Waals surface area contributed by atoms with E-state index in [1.165, 1.54) is 27.6 Å². The Bertz CT molecular complexity index is 738. The van der Waals surface area contributed by atoms with Crippen molar-refractivity contribution in [1.29, 1.82) is 0 Å². The number of nitrogens with zero attached hydrogens (tertiary/aromatic N) is 2. The van der Waals surface area contributed by atoms with Crippen LogP contribution in [0.15, 0.2) is 60.9 Å². The molecule has 0 saturated carbocycles. The number of anilines is 1. The molecule has 0 aliphatic rings. The van der Waals surface area contributed by atoms with Crippen LogP contribution in [0.5, 0.6) is 0 Å². The molecule has 0 atom stereocenters. The fourth-order valence-corrected chi connectivity index (χ4v) is 2.71. The first kappa shape index (κ1) is 13.6. The van der Waals surface area contributed by atoms with Crippen LogP contribution < -0.4 is 10.6 Å². The van der Waals surface area contributed by atoms with Gasteiger partial charge in [-0.2, -0.15) is 0 Å². The number of benzene rings is 2. The molecule has 0 unspecified atom stereocenters. The molecule has 2 N–H and O–H groups in total. The maximum atomic E-state index is 5.84. The number of fused-ring (bicyclic) bond motifs is 1. The zero-order chi connectivity index (χ0) is 14.7. The van der Waals surface area contributed by atoms with Gasteiger partial charge in [-0.25, -0.2) is 0 Å². The van der Waals surface area contributed by atoms with Crippen LogP contribution in [-0.4, -0.2) is 12.0 Å². The SMILES string of the molecule is CN(Cc1cccnc1)c1ccc(CN)c2ccccc12. The van der Waals surface area contributed by atoms with Crippen molar-refractivity contribution in [3.05, 3.63) is 72.1 Å². The minimum absolute atomic E-state index is 0.563. The van der Waals surface area contributed by atoms with E-state index < -0.39 is 0 Å². The van der Waals surface area contributed by atoms with Crippen molar-refractivity contribution < 1.29 is 0 Å². The minimum Gasteiger partial charge on any atom is -0.370 e. The molecule has 3 aromatic rings. The first-order valence-electron chi connectivity index (χ1n) is 7.10. The number of aromatic nitrogens is 1. The van der Waals surface area contributed by atoms with E-state index in [0.29, 0.717) is 6.54 Å². The summed E-state index contributed by atoms with van der Waals surface area (Å²) in [4.78, 5) is 6.43. The molecule has 0 saturated heterocycles. The van der Waals surface area contributed by atoms with Gasteiger partial charge in [0.1, 0.15) is 0 Å². The second-order valence-corrected chi connectivity index (χ2v) is 5.21. The van der Waals surface area contributed by atoms with Gasteiger partial charge in [-0.05, 0) is 28.6 Å². The summed E-state index contributed by atoms with van der Waals surface area (Å²) in [6, 6.07) is 16.8. The lowest BCUT2D eigenvalue weighted by Gasteiger charge is -2.22. The topological polar surface area (TPSA) is 42.2 Å². The highest BCUT2D eigenvalue weighted by Gasteiger charge is 2.09. The smallest absolute Gasteiger partial charge is 0.0446 e. The van der Waals surface area contributed by atoms with Crippen LogP contribution in [0.25, 0.3) is 10.8 Å². The molecule has 0 aliphatic heterocycles. The second kappa shape index (κ2) is 5.94. The molecule has 0 radical (unpaired) electrons. The summed E-state index contributed by atoms with van der Waals surface area (Å²) >= 11 is 0. The van der Waals surface area contributed by atoms with Gasteiger partial charge in [0.25, 0.3) is 0 Å². The van der Waals surface area contributed by atoms with Crippen molar-refractivity contribution in [2.75, 3.05) is 11.9 Å². The maximum absolute atomic E-state index is 5.84. The zero-order valence-corrected chi connectivity index (χ0v) is 12.2. The van der Waals surface area contributed by atoms with Crippen LogP contribution in [0.1, 0.15) is 11.1 Å². The van der Waals surface area contributed by atoms with Crippen molar-refractivity contribution in [3.8, 4) is 0 Å². The number of pyridine rings is 1. The number of hydrogen-bond donors (Lipinski definition) is 1. The molecule has 0 bridgehead atoms. The van der Waals surface area contributed by atoms with Gasteiger partial charge in [-0.1, -0.05) is 36.4 Å². The first-order chi connectivity index (χ1) is 10.3. The number of nitrogens with two attached hydrogens (primary N) is 1. The molecule has 1 heterocycles. The van der Waals surface area contributed by atoms with E-state index in [1.807, 2.05) is 12.3 Å². The Labute approximate surface area is 125 Å². The molecule has 3 rings (SSSR count). The average molecular weight is 277 g/mol. The first-order valence-corrected chi connectivity index (χ1v) is 7.10. The maximum Gasteiger partial charge on any atom is 0.0446 e. The van der Waals surface area contributed by atoms with Gasteiger partial charge in [0.2, 0.25) is 0 Å². The molecule has 3 heteroatoms. The third-order valence-electron chi connectivity index (χ3n) is 3.77. The van der Waals surface area contributed by atoms with E-state index in [2.05, 4.69) is 59.4 Å². The average Bonchev–Trinajstić information content (AvgIpc) is 2.54. The van der Waals surface area contributed by atoms with Crippen molar-refractivity contribution in [1.82, 2.24) is 4.98 Å². The summed E-state index contributed by atoms with van der Waals surface area (Å²) in [5.74, 6) is 0. The molecule has 0 fully saturated rings. The van der Waals surface area contributed by atoms with Gasteiger partial charge in [0.05, 0.1) is 0 Å². The molecule has 0 spiro atoms. The Balaban J connectivity index is 2.00. The molecule has 1 aromatic heterocycles. The van der Waals surface area contributed by atoms with Gasteiger partial charge >= 0.3 is 0 Å². The summed E-state index contributed by atoms with van der Waals surface area (Å²) in [6.07, 6.45) is 3.71. The van der Waals surface area contributed by atoms with E-state index in [9.17, 15) is 0 Å². The molecular weight excluding hydrogens is 258 g/mol. The highest BCUT2D eigenvalue weighted by atomic mass is 15.1. The van der Waals surface area contributed by atoms with E-state index >= 15 is 0 Å². The van der Waals surface area contributed by atoms with Crippen LogP contribution in [-0.2, 0) is 13.1 Å². The van der Waals surface area contributed by atoms with Crippen LogP contribution in [0.3, 0.4) is 0 Å². The van der Waals surface area contributed by atoms with Crippen LogP contribution in [0.2, 0.25) is 0 Å². The van der Waals surface area contributed by atoms with Crippen LogP contribution in [0.4, 0.5) is 5.69 Å². The third kappa shape index (κ3) is 2.73. The van der Waals surface area contributed by atoms with Gasteiger partial charge in [-0.15, -0.1) is 0 Å². The monoisotopic (exact) mass is 277 g/mol. The van der Waals surface area contributed by atoms with Gasteiger partial charge in [-0.3, -0.25) is 4.98 Å². The minimum atomic E-state index is 0.563. The quantitative estimate of drug-likeness (QED) is 0.795. The molecular formula is C18H19N3. The fourth-order valence-electron chi connectivity index (χ4n) is 2.71. The molecule has 21 heavy (non-hydrogen) atoms. The Morgan fingerprint density at radius 1 is 1.00 bits per heavy atom. The second-order valence-electron chi connectivity index (χ2n) is 5.21. The molecule has 0 aliphatic carbocycles. The Morgan fingerprint density at radius 3 is 2.52 bits per heavy atom. The Hall–Kier alpha value is -2.39. The zero-order valence-electron chi connectivity index (χ0n) is 12.2. The molecule has 2 aromatic carbocycles. The van der Waals surface area contributed by atoms with Crippen LogP contribution >= 0.6 is 0 Å². The number of rotatable bonds is 4. The normalized spacial score (nSPS) is 10.8. The van der Waals surface area contributed by atoms with Crippen molar-refractivity contribution in [2.45, 2.75) is 13.1 Å². The summed E-state index contributed by atoms with van der Waals surface area (Å²) in [7, 11) is 2.11. The summed E-state index contributed by atoms with van der Waals surface area (Å²) in [5.41, 5.74) is 9.44. The largest absolute Gasteiger partial charge is 0.370 e. The summed E-state index contributed by atoms with van der Waals surface area (Å²) in [5, 5.41) is 2.47. The summed E-state index contributed by atoms with van der Waals surface area (Å²) < 4.78 is 0. The fraction of sp³-hybridized carbons (Fsp3) is 0.167. The van der Waals surface area contributed by atoms with E-state index in [1.54, 1.807) is 6.20 Å². The third-order valence-corrected chi connectivity index (χ3v) is 3.77. The lowest BCUT2D eigenvalue weighted by molar-refractivity contribution is 0.919. The Kier molecular flexibility index (Phi) is 3.84. The van der Waals surface area contributed by atoms with Crippen molar-refractivity contribution in [2.24, 2.45) is 5.73 Å². The van der Waals surface area contributed by atoms with E-state index in [4.69, 9.17) is 5.73 Å². The number of hydrogen-bond acceptors (Lipinski definition) is 3. The lowest BCUT2D eigenvalue weighted by Crippen LogP contribution is -2.17. The predicted molar refractivity (Wildman–Crippen MR) is 88.2 cm³/mol. The summed E-state index contributed by atoms with van der Waals surface area (Å²) in [6.45, 7) is 1.40. The predicted octanol–water partition coefficient (Wildman–Crippen LogP) is 3.33. The van der Waals surface area contributed by atoms with Gasteiger partial charge in [0.15, 0.2) is 0 Å². The van der Waals surface area contributed by atoms with Crippen molar-refractivity contribution in [3.63, 3.8) is 0 Å². The Morgan fingerprint density at radius 2 is 1.81 bits per heavy atom. The lowest BCUT2D eigenvalue weighted by atomic mass is 10.0.